The van der Waals surface area contributed by atoms with Gasteiger partial charge in [0.15, 0.2) is 0 Å². The minimum Gasteiger partial charge on any atom is -0.267 e. The average molecular weight is 446 g/mol. The first-order valence-corrected chi connectivity index (χ1v) is 9.88. The van der Waals surface area contributed by atoms with Gasteiger partial charge in [0, 0.05) is 40.0 Å². The fourth-order valence-corrected chi connectivity index (χ4v) is 3.11. The third-order valence-electron chi connectivity index (χ3n) is 4.59. The van der Waals surface area contributed by atoms with Gasteiger partial charge in [0.2, 0.25) is 0 Å². The van der Waals surface area contributed by atoms with Gasteiger partial charge >= 0.3 is 0 Å². The van der Waals surface area contributed by atoms with Gasteiger partial charge in [-0.2, -0.15) is 10.2 Å². The van der Waals surface area contributed by atoms with E-state index in [1.807, 2.05) is 42.5 Å². The van der Waals surface area contributed by atoms with Crippen LogP contribution in [0.5, 0.6) is 0 Å². The van der Waals surface area contributed by atoms with Crippen LogP contribution in [0.15, 0.2) is 90.2 Å². The smallest absolute Gasteiger partial charge is 0.267 e. The SMILES string of the molecule is O=C(N/N=C/c1cn(-c2ccccc2)nc1-c1ccc(Cl)cc1)c1ccc([N+](=O)[O-])cc1. The number of hydrogen-bond acceptors (Lipinski definition) is 5. The van der Waals surface area contributed by atoms with E-state index >= 15 is 0 Å². The molecular formula is C23H16ClN5O3. The highest BCUT2D eigenvalue weighted by molar-refractivity contribution is 6.30. The number of rotatable bonds is 6. The first kappa shape index (κ1) is 21.0. The lowest BCUT2D eigenvalue weighted by molar-refractivity contribution is -0.384. The highest BCUT2D eigenvalue weighted by Gasteiger charge is 2.12. The summed E-state index contributed by atoms with van der Waals surface area (Å²) in [4.78, 5) is 22.5. The topological polar surface area (TPSA) is 102 Å². The van der Waals surface area contributed by atoms with Crippen LogP contribution in [0.2, 0.25) is 5.02 Å². The monoisotopic (exact) mass is 445 g/mol. The van der Waals surface area contributed by atoms with Gasteiger partial charge in [-0.1, -0.05) is 41.9 Å². The van der Waals surface area contributed by atoms with E-state index in [4.69, 9.17) is 11.6 Å². The van der Waals surface area contributed by atoms with Crippen molar-refractivity contribution in [2.75, 3.05) is 0 Å². The van der Waals surface area contributed by atoms with Crippen LogP contribution in [-0.4, -0.2) is 26.8 Å². The molecule has 8 nitrogen and oxygen atoms in total. The zero-order chi connectivity index (χ0) is 22.5. The summed E-state index contributed by atoms with van der Waals surface area (Å²) in [7, 11) is 0. The molecule has 1 heterocycles. The van der Waals surface area contributed by atoms with Gasteiger partial charge in [-0.15, -0.1) is 0 Å². The summed E-state index contributed by atoms with van der Waals surface area (Å²) in [5, 5.41) is 20.1. The van der Waals surface area contributed by atoms with Gasteiger partial charge in [0.25, 0.3) is 11.6 Å². The Morgan fingerprint density at radius 1 is 1.03 bits per heavy atom. The van der Waals surface area contributed by atoms with E-state index in [9.17, 15) is 14.9 Å². The lowest BCUT2D eigenvalue weighted by atomic mass is 10.1. The van der Waals surface area contributed by atoms with Crippen LogP contribution in [0.1, 0.15) is 15.9 Å². The molecule has 0 spiro atoms. The number of para-hydroxylation sites is 1. The van der Waals surface area contributed by atoms with Gasteiger partial charge < -0.3 is 0 Å². The van der Waals surface area contributed by atoms with Crippen molar-refractivity contribution in [1.82, 2.24) is 15.2 Å². The van der Waals surface area contributed by atoms with E-state index in [0.717, 1.165) is 11.3 Å². The Kier molecular flexibility index (Phi) is 6.05. The summed E-state index contributed by atoms with van der Waals surface area (Å²) in [6.45, 7) is 0. The maximum Gasteiger partial charge on any atom is 0.271 e. The summed E-state index contributed by atoms with van der Waals surface area (Å²) in [5.41, 5.74) is 5.66. The molecule has 32 heavy (non-hydrogen) atoms. The summed E-state index contributed by atoms with van der Waals surface area (Å²) >= 11 is 6.01. The molecule has 0 aliphatic heterocycles. The third-order valence-corrected chi connectivity index (χ3v) is 4.84. The Labute approximate surface area is 187 Å². The van der Waals surface area contributed by atoms with E-state index in [0.29, 0.717) is 16.3 Å². The largest absolute Gasteiger partial charge is 0.271 e. The summed E-state index contributed by atoms with van der Waals surface area (Å²) in [5.74, 6) is -0.486. The number of nitrogens with zero attached hydrogens (tertiary/aromatic N) is 4. The standard InChI is InChI=1S/C23H16ClN5O3/c24-19-10-6-16(7-11-19)22-18(15-28(27-22)20-4-2-1-3-5-20)14-25-26-23(30)17-8-12-21(13-9-17)29(31)32/h1-15H,(H,26,30)/b25-14+. The fourth-order valence-electron chi connectivity index (χ4n) is 2.99. The number of nitro benzene ring substituents is 1. The molecule has 0 saturated carbocycles. The highest BCUT2D eigenvalue weighted by Crippen LogP contribution is 2.24. The zero-order valence-electron chi connectivity index (χ0n) is 16.6. The number of non-ortho nitro benzene ring substituents is 1. The molecule has 0 unspecified atom stereocenters. The second-order valence-corrected chi connectivity index (χ2v) is 7.16. The number of carbonyl (C=O) groups is 1. The molecule has 0 bridgehead atoms. The molecule has 0 atom stereocenters. The third kappa shape index (κ3) is 4.71. The number of aromatic nitrogens is 2. The van der Waals surface area contributed by atoms with Crippen molar-refractivity contribution in [3.8, 4) is 16.9 Å². The van der Waals surface area contributed by atoms with Crippen molar-refractivity contribution >= 4 is 29.4 Å². The molecular weight excluding hydrogens is 430 g/mol. The van der Waals surface area contributed by atoms with Gasteiger partial charge in [-0.05, 0) is 36.4 Å². The van der Waals surface area contributed by atoms with E-state index in [1.54, 1.807) is 23.0 Å². The quantitative estimate of drug-likeness (QED) is 0.260. The molecule has 4 aromatic rings. The summed E-state index contributed by atoms with van der Waals surface area (Å²) in [6, 6.07) is 22.1. The molecule has 1 amide bonds. The van der Waals surface area contributed by atoms with Crippen molar-refractivity contribution in [2.24, 2.45) is 5.10 Å². The summed E-state index contributed by atoms with van der Waals surface area (Å²) < 4.78 is 1.73. The number of halogens is 1. The lowest BCUT2D eigenvalue weighted by Gasteiger charge is -2.01. The fraction of sp³-hybridized carbons (Fsp3) is 0. The average Bonchev–Trinajstić information content (AvgIpc) is 3.24. The minimum atomic E-state index is -0.525. The Bertz CT molecular complexity index is 1280. The number of nitro groups is 1. The predicted octanol–water partition coefficient (Wildman–Crippen LogP) is 4.86. The number of benzene rings is 3. The molecule has 1 aromatic heterocycles. The van der Waals surface area contributed by atoms with Gasteiger partial charge in [-0.3, -0.25) is 14.9 Å². The number of hydrazone groups is 1. The maximum absolute atomic E-state index is 12.3. The highest BCUT2D eigenvalue weighted by atomic mass is 35.5. The molecule has 158 valence electrons. The van der Waals surface area contributed by atoms with Crippen LogP contribution in [0.3, 0.4) is 0 Å². The second-order valence-electron chi connectivity index (χ2n) is 6.72. The molecule has 9 heteroatoms. The van der Waals surface area contributed by atoms with Gasteiger partial charge in [-0.25, -0.2) is 10.1 Å². The number of nitrogens with one attached hydrogen (secondary N) is 1. The lowest BCUT2D eigenvalue weighted by Crippen LogP contribution is -2.17. The van der Waals surface area contributed by atoms with Crippen LogP contribution >= 0.6 is 11.6 Å². The Morgan fingerprint density at radius 3 is 2.38 bits per heavy atom. The number of hydrogen-bond donors (Lipinski definition) is 1. The number of carbonyl (C=O) groups excluding carboxylic acids is 1. The van der Waals surface area contributed by atoms with Crippen molar-refractivity contribution in [3.63, 3.8) is 0 Å². The molecule has 1 N–H and O–H groups in total. The van der Waals surface area contributed by atoms with Crippen molar-refractivity contribution in [3.05, 3.63) is 111 Å². The minimum absolute atomic E-state index is 0.0917. The van der Waals surface area contributed by atoms with Crippen LogP contribution in [0, 0.1) is 10.1 Å². The van der Waals surface area contributed by atoms with Crippen molar-refractivity contribution in [1.29, 1.82) is 0 Å². The normalized spacial score (nSPS) is 10.9. The van der Waals surface area contributed by atoms with Gasteiger partial charge in [0.1, 0.15) is 5.69 Å². The Morgan fingerprint density at radius 2 is 1.72 bits per heavy atom. The molecule has 0 radical (unpaired) electrons. The van der Waals surface area contributed by atoms with E-state index in [1.165, 1.54) is 30.5 Å². The van der Waals surface area contributed by atoms with Gasteiger partial charge in [0.05, 0.1) is 16.8 Å². The van der Waals surface area contributed by atoms with E-state index in [2.05, 4.69) is 15.6 Å². The summed E-state index contributed by atoms with van der Waals surface area (Å²) in [6.07, 6.45) is 3.31. The Hall–Kier alpha value is -4.30. The molecule has 0 saturated heterocycles. The zero-order valence-corrected chi connectivity index (χ0v) is 17.3. The predicted molar refractivity (Wildman–Crippen MR) is 122 cm³/mol. The Balaban J connectivity index is 1.59. The molecule has 4 rings (SSSR count). The number of amides is 1. The first-order valence-electron chi connectivity index (χ1n) is 9.50. The second kappa shape index (κ2) is 9.23. The van der Waals surface area contributed by atoms with E-state index < -0.39 is 10.8 Å². The van der Waals surface area contributed by atoms with Crippen LogP contribution in [0.4, 0.5) is 5.69 Å². The molecule has 0 aliphatic carbocycles. The van der Waals surface area contributed by atoms with Crippen molar-refractivity contribution in [2.45, 2.75) is 0 Å². The first-order chi connectivity index (χ1) is 15.5. The van der Waals surface area contributed by atoms with Crippen molar-refractivity contribution < 1.29 is 9.72 Å². The molecule has 0 fully saturated rings. The van der Waals surface area contributed by atoms with Crippen LogP contribution < -0.4 is 5.43 Å². The molecule has 0 aliphatic rings. The van der Waals surface area contributed by atoms with Crippen LogP contribution in [-0.2, 0) is 0 Å². The van der Waals surface area contributed by atoms with Crippen LogP contribution in [0.25, 0.3) is 16.9 Å². The molecule has 3 aromatic carbocycles. The van der Waals surface area contributed by atoms with E-state index in [-0.39, 0.29) is 11.3 Å². The maximum atomic E-state index is 12.3.